The molecular weight excluding hydrogens is 154 g/mol. The smallest absolute Gasteiger partial charge is 0.270 e. The molecule has 0 heterocycles. The van der Waals surface area contributed by atoms with Crippen LogP contribution < -0.4 is 5.48 Å². The van der Waals surface area contributed by atoms with Crippen molar-refractivity contribution in [2.45, 2.75) is 6.42 Å². The normalized spacial score (nSPS) is 9.42. The lowest BCUT2D eigenvalue weighted by Crippen LogP contribution is -2.16. The van der Waals surface area contributed by atoms with Gasteiger partial charge < -0.3 is 0 Å². The summed E-state index contributed by atoms with van der Waals surface area (Å²) >= 11 is 0. The summed E-state index contributed by atoms with van der Waals surface area (Å²) in [6.07, 6.45) is 0.300. The highest BCUT2D eigenvalue weighted by Crippen LogP contribution is 1.98. The number of rotatable bonds is 3. The number of hydrogen-bond acceptors (Lipinski definition) is 2. The molecule has 0 unspecified atom stereocenters. The Morgan fingerprint density at radius 2 is 2.08 bits per heavy atom. The number of nitrogens with zero attached hydrogens (tertiary/aromatic N) is 1. The van der Waals surface area contributed by atoms with Gasteiger partial charge in [-0.15, -0.1) is 0 Å². The van der Waals surface area contributed by atoms with Crippen LogP contribution >= 0.6 is 0 Å². The average Bonchev–Trinajstić information content (AvgIpc) is 2.06. The Bertz CT molecular complexity index is 246. The second kappa shape index (κ2) is 4.51. The van der Waals surface area contributed by atoms with Gasteiger partial charge in [0.1, 0.15) is 0 Å². The van der Waals surface area contributed by atoms with Gasteiger partial charge in [-0.2, -0.15) is 0 Å². The van der Waals surface area contributed by atoms with Crippen molar-refractivity contribution < 1.29 is 9.63 Å². The third kappa shape index (κ3) is 2.72. The highest BCUT2D eigenvalue weighted by Gasteiger charge is 2.02. The monoisotopic (exact) mass is 164 g/mol. The Morgan fingerprint density at radius 1 is 1.42 bits per heavy atom. The minimum absolute atomic E-state index is 0.260. The fourth-order valence-corrected chi connectivity index (χ4v) is 0.905. The summed E-state index contributed by atoms with van der Waals surface area (Å²) in [7, 11) is 1.36. The SMILES string of the molecule is CO[N]C(=O)Cc1ccccc1. The van der Waals surface area contributed by atoms with Crippen LogP contribution in [0.5, 0.6) is 0 Å². The summed E-state index contributed by atoms with van der Waals surface area (Å²) < 4.78 is 0. The highest BCUT2D eigenvalue weighted by atomic mass is 16.6. The van der Waals surface area contributed by atoms with E-state index in [4.69, 9.17) is 0 Å². The predicted molar refractivity (Wildman–Crippen MR) is 44.3 cm³/mol. The number of amides is 1. The maximum absolute atomic E-state index is 10.9. The Morgan fingerprint density at radius 3 is 2.67 bits per heavy atom. The second-order valence-corrected chi connectivity index (χ2v) is 2.33. The molecule has 1 aromatic rings. The molecule has 0 aliphatic carbocycles. The molecule has 0 aliphatic heterocycles. The van der Waals surface area contributed by atoms with Crippen molar-refractivity contribution in [3.63, 3.8) is 0 Å². The minimum Gasteiger partial charge on any atom is -0.270 e. The lowest BCUT2D eigenvalue weighted by Gasteiger charge is -1.97. The van der Waals surface area contributed by atoms with Crippen LogP contribution in [0.1, 0.15) is 5.56 Å². The summed E-state index contributed by atoms with van der Waals surface area (Å²) in [4.78, 5) is 15.3. The van der Waals surface area contributed by atoms with Gasteiger partial charge >= 0.3 is 0 Å². The Kier molecular flexibility index (Phi) is 3.29. The maximum Gasteiger partial charge on any atom is 0.273 e. The van der Waals surface area contributed by atoms with Gasteiger partial charge in [0.25, 0.3) is 5.91 Å². The summed E-state index contributed by atoms with van der Waals surface area (Å²) in [5, 5.41) is 0. The highest BCUT2D eigenvalue weighted by molar-refractivity contribution is 5.77. The van der Waals surface area contributed by atoms with E-state index in [0.29, 0.717) is 6.42 Å². The van der Waals surface area contributed by atoms with Crippen LogP contribution in [0.25, 0.3) is 0 Å². The lowest BCUT2D eigenvalue weighted by atomic mass is 10.1. The number of carbonyl (C=O) groups is 1. The van der Waals surface area contributed by atoms with Crippen LogP contribution in [-0.2, 0) is 16.1 Å². The Labute approximate surface area is 71.3 Å². The fraction of sp³-hybridized carbons (Fsp3) is 0.222. The van der Waals surface area contributed by atoms with E-state index < -0.39 is 0 Å². The molecule has 0 N–H and O–H groups in total. The molecule has 63 valence electrons. The van der Waals surface area contributed by atoms with Gasteiger partial charge in [-0.3, -0.25) is 9.63 Å². The maximum atomic E-state index is 10.9. The van der Waals surface area contributed by atoms with Gasteiger partial charge in [-0.25, -0.2) is 0 Å². The van der Waals surface area contributed by atoms with Crippen molar-refractivity contribution >= 4 is 5.91 Å². The zero-order valence-corrected chi connectivity index (χ0v) is 6.86. The quantitative estimate of drug-likeness (QED) is 0.623. The number of benzene rings is 1. The minimum atomic E-state index is -0.260. The van der Waals surface area contributed by atoms with Crippen LogP contribution in [0.4, 0.5) is 0 Å². The van der Waals surface area contributed by atoms with Crippen molar-refractivity contribution in [3.05, 3.63) is 35.9 Å². The molecule has 3 heteroatoms. The van der Waals surface area contributed by atoms with Gasteiger partial charge in [0.2, 0.25) is 0 Å². The first-order valence-corrected chi connectivity index (χ1v) is 3.64. The predicted octanol–water partition coefficient (Wildman–Crippen LogP) is 0.921. The van der Waals surface area contributed by atoms with Crippen LogP contribution in [0.3, 0.4) is 0 Å². The molecule has 0 aliphatic rings. The molecule has 0 saturated heterocycles. The molecule has 0 bridgehead atoms. The first-order valence-electron chi connectivity index (χ1n) is 3.64. The summed E-state index contributed by atoms with van der Waals surface area (Å²) in [5.41, 5.74) is 4.23. The Balaban J connectivity index is 2.47. The van der Waals surface area contributed by atoms with E-state index in [1.165, 1.54) is 7.11 Å². The Hall–Kier alpha value is -1.35. The van der Waals surface area contributed by atoms with E-state index >= 15 is 0 Å². The van der Waals surface area contributed by atoms with Crippen molar-refractivity contribution in [1.82, 2.24) is 5.48 Å². The molecule has 1 amide bonds. The number of carbonyl (C=O) groups excluding carboxylic acids is 1. The van der Waals surface area contributed by atoms with E-state index in [1.807, 2.05) is 30.3 Å². The van der Waals surface area contributed by atoms with Crippen molar-refractivity contribution in [1.29, 1.82) is 0 Å². The zero-order valence-electron chi connectivity index (χ0n) is 6.86. The number of hydrogen-bond donors (Lipinski definition) is 0. The van der Waals surface area contributed by atoms with Gasteiger partial charge in [0.05, 0.1) is 13.5 Å². The largest absolute Gasteiger partial charge is 0.273 e. The molecule has 0 fully saturated rings. The van der Waals surface area contributed by atoms with Gasteiger partial charge in [0.15, 0.2) is 0 Å². The van der Waals surface area contributed by atoms with Crippen molar-refractivity contribution in [2.24, 2.45) is 0 Å². The van der Waals surface area contributed by atoms with Crippen molar-refractivity contribution in [2.75, 3.05) is 7.11 Å². The molecule has 12 heavy (non-hydrogen) atoms. The third-order valence-electron chi connectivity index (χ3n) is 1.39. The summed E-state index contributed by atoms with van der Waals surface area (Å²) in [6.45, 7) is 0. The lowest BCUT2D eigenvalue weighted by molar-refractivity contribution is -0.131. The van der Waals surface area contributed by atoms with E-state index in [9.17, 15) is 4.79 Å². The zero-order chi connectivity index (χ0) is 8.81. The van der Waals surface area contributed by atoms with Crippen LogP contribution in [-0.4, -0.2) is 13.0 Å². The van der Waals surface area contributed by atoms with Gasteiger partial charge in [0, 0.05) is 0 Å². The van der Waals surface area contributed by atoms with E-state index in [1.54, 1.807) is 0 Å². The molecule has 0 aromatic heterocycles. The fourth-order valence-electron chi connectivity index (χ4n) is 0.905. The van der Waals surface area contributed by atoms with E-state index in [-0.39, 0.29) is 5.91 Å². The van der Waals surface area contributed by atoms with Crippen LogP contribution in [0.2, 0.25) is 0 Å². The standard InChI is InChI=1S/C9H10NO2/c1-12-10-9(11)7-8-5-3-2-4-6-8/h2-6H,7H2,1H3. The summed E-state index contributed by atoms with van der Waals surface area (Å²) in [5.74, 6) is -0.260. The van der Waals surface area contributed by atoms with E-state index in [0.717, 1.165) is 5.56 Å². The van der Waals surface area contributed by atoms with Crippen molar-refractivity contribution in [3.8, 4) is 0 Å². The average molecular weight is 164 g/mol. The molecule has 0 atom stereocenters. The molecule has 0 spiro atoms. The molecule has 1 aromatic carbocycles. The molecule has 1 rings (SSSR count). The van der Waals surface area contributed by atoms with Crippen LogP contribution in [0, 0.1) is 0 Å². The van der Waals surface area contributed by atoms with Crippen LogP contribution in [0.15, 0.2) is 30.3 Å². The third-order valence-corrected chi connectivity index (χ3v) is 1.39. The van der Waals surface area contributed by atoms with Gasteiger partial charge in [-0.1, -0.05) is 35.8 Å². The molecule has 0 saturated carbocycles. The second-order valence-electron chi connectivity index (χ2n) is 2.33. The number of hydroxylamine groups is 1. The van der Waals surface area contributed by atoms with E-state index in [2.05, 4.69) is 10.3 Å². The summed E-state index contributed by atoms with van der Waals surface area (Å²) in [6, 6.07) is 9.43. The molecular formula is C9H10NO2. The molecule has 3 nitrogen and oxygen atoms in total. The first kappa shape index (κ1) is 8.74. The first-order chi connectivity index (χ1) is 5.83. The van der Waals surface area contributed by atoms with Gasteiger partial charge in [-0.05, 0) is 5.56 Å². The molecule has 1 radical (unpaired) electrons. The topological polar surface area (TPSA) is 40.4 Å².